The third-order valence-corrected chi connectivity index (χ3v) is 4.60. The second-order valence-electron chi connectivity index (χ2n) is 2.28. The average Bonchev–Trinajstić information content (AvgIpc) is 2.41. The minimum Gasteiger partial charge on any atom is -0.211 e. The van der Waals surface area contributed by atoms with Crippen molar-refractivity contribution in [1.82, 2.24) is 9.42 Å². The van der Waals surface area contributed by atoms with E-state index in [4.69, 9.17) is 5.14 Å². The fourth-order valence-electron chi connectivity index (χ4n) is 0.986. The number of rotatable bonds is 1. The van der Waals surface area contributed by atoms with E-state index in [1.807, 2.05) is 0 Å². The summed E-state index contributed by atoms with van der Waals surface area (Å²) in [5, 5.41) is 6.99. The van der Waals surface area contributed by atoms with Crippen LogP contribution < -0.4 is 10.1 Å². The van der Waals surface area contributed by atoms with E-state index in [9.17, 15) is 8.42 Å². The molecule has 2 heterocycles. The highest BCUT2D eigenvalue weighted by Gasteiger charge is 2.53. The number of thioether (sulfide) groups is 1. The topological polar surface area (TPSA) is 81.7 Å². The SMILES string of the molecule is NS(=O)(=O)N1C(Br)SC2=NC=C[N+]21. The lowest BCUT2D eigenvalue weighted by molar-refractivity contribution is 0.345. The molecule has 6 nitrogen and oxygen atoms in total. The van der Waals surface area contributed by atoms with E-state index < -0.39 is 14.5 Å². The second-order valence-corrected chi connectivity index (χ2v) is 6.21. The van der Waals surface area contributed by atoms with Crippen LogP contribution in [0.25, 0.3) is 0 Å². The number of fused-ring (bicyclic) bond motifs is 1. The van der Waals surface area contributed by atoms with Gasteiger partial charge in [-0.25, -0.2) is 5.14 Å². The van der Waals surface area contributed by atoms with E-state index >= 15 is 0 Å². The van der Waals surface area contributed by atoms with Gasteiger partial charge < -0.3 is 0 Å². The van der Waals surface area contributed by atoms with Crippen LogP contribution in [0.15, 0.2) is 17.4 Å². The van der Waals surface area contributed by atoms with Gasteiger partial charge >= 0.3 is 15.4 Å². The predicted molar refractivity (Wildman–Crippen MR) is 54.0 cm³/mol. The predicted octanol–water partition coefficient (Wildman–Crippen LogP) is -0.187. The number of amidine groups is 1. The molecule has 71 valence electrons. The summed E-state index contributed by atoms with van der Waals surface area (Å²) >= 11 is 4.44. The van der Waals surface area contributed by atoms with E-state index in [0.717, 1.165) is 4.41 Å². The van der Waals surface area contributed by atoms with E-state index in [1.54, 1.807) is 0 Å². The molecule has 9 heteroatoms. The maximum atomic E-state index is 11.1. The number of alkyl halides is 1. The molecule has 0 aromatic rings. The van der Waals surface area contributed by atoms with Crippen molar-refractivity contribution in [2.75, 3.05) is 0 Å². The van der Waals surface area contributed by atoms with Crippen LogP contribution in [0.1, 0.15) is 0 Å². The summed E-state index contributed by atoms with van der Waals surface area (Å²) in [5.41, 5.74) is 0. The average molecular weight is 285 g/mol. The maximum absolute atomic E-state index is 11.1. The number of aliphatic imine (C=N–C) groups is 1. The Labute approximate surface area is 87.7 Å². The fourth-order valence-corrected chi connectivity index (χ4v) is 4.28. The highest BCUT2D eigenvalue weighted by atomic mass is 79.9. The summed E-state index contributed by atoms with van der Waals surface area (Å²) in [5.74, 6) is 0. The lowest BCUT2D eigenvalue weighted by Gasteiger charge is -2.09. The second kappa shape index (κ2) is 3.04. The van der Waals surface area contributed by atoms with E-state index in [2.05, 4.69) is 20.9 Å². The van der Waals surface area contributed by atoms with Crippen molar-refractivity contribution in [2.45, 2.75) is 4.28 Å². The van der Waals surface area contributed by atoms with E-state index in [0.29, 0.717) is 5.17 Å². The Morgan fingerprint density at radius 3 is 3.08 bits per heavy atom. The number of nitrogens with two attached hydrogens (primary N) is 1. The molecule has 1 radical (unpaired) electrons. The third kappa shape index (κ3) is 1.55. The zero-order valence-electron chi connectivity index (χ0n) is 6.16. The molecule has 0 aromatic carbocycles. The molecule has 13 heavy (non-hydrogen) atoms. The first kappa shape index (κ1) is 9.62. The van der Waals surface area contributed by atoms with Crippen LogP contribution >= 0.6 is 27.7 Å². The van der Waals surface area contributed by atoms with Gasteiger partial charge in [0, 0.05) is 5.01 Å². The maximum Gasteiger partial charge on any atom is 0.344 e. The smallest absolute Gasteiger partial charge is 0.211 e. The summed E-state index contributed by atoms with van der Waals surface area (Å²) in [6.07, 6.45) is 3.05. The van der Waals surface area contributed by atoms with Gasteiger partial charge in [-0.1, -0.05) is 15.9 Å². The Hall–Kier alpha value is 0.0700. The number of hydrogen-bond acceptors (Lipinski definition) is 5. The van der Waals surface area contributed by atoms with Crippen molar-refractivity contribution in [3.63, 3.8) is 0 Å². The first-order valence-electron chi connectivity index (χ1n) is 3.16. The highest BCUT2D eigenvalue weighted by molar-refractivity contribution is 9.11. The summed E-state index contributed by atoms with van der Waals surface area (Å²) in [6, 6.07) is 0. The number of hydrazine groups is 1. The monoisotopic (exact) mass is 284 g/mol. The lowest BCUT2D eigenvalue weighted by Crippen LogP contribution is -2.48. The lowest BCUT2D eigenvalue weighted by atomic mass is 10.9. The van der Waals surface area contributed by atoms with Crippen LogP contribution in [-0.2, 0) is 10.2 Å². The van der Waals surface area contributed by atoms with Gasteiger partial charge in [-0.3, -0.25) is 0 Å². The molecule has 0 spiro atoms. The molecule has 1 unspecified atom stereocenters. The molecule has 2 rings (SSSR count). The normalized spacial score (nSPS) is 29.4. The van der Waals surface area contributed by atoms with Crippen LogP contribution in [0.4, 0.5) is 0 Å². The van der Waals surface area contributed by atoms with Gasteiger partial charge in [0.2, 0.25) is 0 Å². The minimum atomic E-state index is -3.75. The Morgan fingerprint density at radius 2 is 2.46 bits per heavy atom. The van der Waals surface area contributed by atoms with Crippen LogP contribution in [0, 0.1) is 0 Å². The molecular formula is C4H5BrN4O2S2+. The molecule has 2 aliphatic rings. The van der Waals surface area contributed by atoms with Gasteiger partial charge in [0.05, 0.1) is 10.6 Å². The zero-order chi connectivity index (χ0) is 9.64. The summed E-state index contributed by atoms with van der Waals surface area (Å²) in [6.45, 7) is 0. The Bertz CT molecular complexity index is 391. The molecule has 0 saturated carbocycles. The van der Waals surface area contributed by atoms with Crippen molar-refractivity contribution in [2.24, 2.45) is 10.1 Å². The van der Waals surface area contributed by atoms with Crippen LogP contribution in [0.3, 0.4) is 0 Å². The number of hydrogen-bond donors (Lipinski definition) is 1. The Morgan fingerprint density at radius 1 is 1.77 bits per heavy atom. The molecule has 0 amide bonds. The van der Waals surface area contributed by atoms with Gasteiger partial charge in [0.15, 0.2) is 10.5 Å². The van der Waals surface area contributed by atoms with Gasteiger partial charge in [0.25, 0.3) is 0 Å². The molecule has 1 atom stereocenters. The first-order valence-corrected chi connectivity index (χ1v) is 6.46. The molecule has 2 N–H and O–H groups in total. The van der Waals surface area contributed by atoms with E-state index in [-0.39, 0.29) is 0 Å². The molecule has 0 aliphatic carbocycles. The third-order valence-electron chi connectivity index (χ3n) is 1.44. The van der Waals surface area contributed by atoms with Crippen molar-refractivity contribution in [3.05, 3.63) is 12.4 Å². The summed E-state index contributed by atoms with van der Waals surface area (Å²) < 4.78 is 22.8. The van der Waals surface area contributed by atoms with Crippen LogP contribution in [0.2, 0.25) is 0 Å². The minimum absolute atomic E-state index is 0.425. The molecule has 1 fully saturated rings. The number of halogens is 1. The van der Waals surface area contributed by atoms with Gasteiger partial charge in [-0.05, 0) is 11.8 Å². The highest BCUT2D eigenvalue weighted by Crippen LogP contribution is 2.35. The quantitative estimate of drug-likeness (QED) is 0.412. The van der Waals surface area contributed by atoms with Crippen LogP contribution in [0.5, 0.6) is 0 Å². The molecular weight excluding hydrogens is 280 g/mol. The van der Waals surface area contributed by atoms with Gasteiger partial charge in [0.1, 0.15) is 0 Å². The molecule has 0 aromatic heterocycles. The summed E-state index contributed by atoms with van der Waals surface area (Å²) in [7, 11) is -3.75. The summed E-state index contributed by atoms with van der Waals surface area (Å²) in [4.78, 5) is 3.95. The van der Waals surface area contributed by atoms with Crippen molar-refractivity contribution >= 4 is 43.1 Å². The van der Waals surface area contributed by atoms with Crippen molar-refractivity contribution in [3.8, 4) is 0 Å². The fraction of sp³-hybridized carbons (Fsp3) is 0.250. The van der Waals surface area contributed by atoms with Crippen LogP contribution in [-0.4, -0.2) is 22.3 Å². The van der Waals surface area contributed by atoms with Gasteiger partial charge in [-0.2, -0.15) is 13.4 Å². The molecule has 1 saturated heterocycles. The zero-order valence-corrected chi connectivity index (χ0v) is 9.38. The number of nitrogens with zero attached hydrogens (tertiary/aromatic N) is 3. The molecule has 0 bridgehead atoms. The Kier molecular flexibility index (Phi) is 2.25. The van der Waals surface area contributed by atoms with Gasteiger partial charge in [-0.15, -0.1) is 0 Å². The van der Waals surface area contributed by atoms with E-state index in [1.165, 1.54) is 29.2 Å². The van der Waals surface area contributed by atoms with Crippen molar-refractivity contribution in [1.29, 1.82) is 0 Å². The Balaban J connectivity index is 2.39. The standard InChI is InChI=1S/C4H5BrN4O2S2/c5-3-9(13(6,10)11)8-2-1-7-4(8)12-3/h1-3H,(H2,6,10,11)/q+1. The first-order chi connectivity index (χ1) is 6.00. The van der Waals surface area contributed by atoms with Crippen molar-refractivity contribution < 1.29 is 8.42 Å². The molecule has 2 aliphatic heterocycles. The largest absolute Gasteiger partial charge is 0.344 e.